The summed E-state index contributed by atoms with van der Waals surface area (Å²) in [6.07, 6.45) is -2.78. The van der Waals surface area contributed by atoms with Crippen LogP contribution in [0.5, 0.6) is 0 Å². The molecule has 2 aliphatic heterocycles. The van der Waals surface area contributed by atoms with E-state index >= 15 is 0 Å². The number of rotatable bonds is 4. The van der Waals surface area contributed by atoms with Gasteiger partial charge in [0, 0.05) is 49.9 Å². The van der Waals surface area contributed by atoms with Gasteiger partial charge in [0.1, 0.15) is 5.76 Å². The van der Waals surface area contributed by atoms with Crippen LogP contribution in [0.4, 0.5) is 13.2 Å². The molecule has 0 spiro atoms. The van der Waals surface area contributed by atoms with Crippen LogP contribution in [-0.4, -0.2) is 72.3 Å². The van der Waals surface area contributed by atoms with Gasteiger partial charge in [0.25, 0.3) is 5.91 Å². The summed E-state index contributed by atoms with van der Waals surface area (Å²) in [5, 5.41) is 0.439. The summed E-state index contributed by atoms with van der Waals surface area (Å²) in [4.78, 5) is 30.4. The van der Waals surface area contributed by atoms with Crippen molar-refractivity contribution in [2.45, 2.75) is 19.0 Å². The van der Waals surface area contributed by atoms with E-state index in [1.54, 1.807) is 0 Å². The van der Waals surface area contributed by atoms with Crippen molar-refractivity contribution in [2.75, 3.05) is 45.8 Å². The maximum absolute atomic E-state index is 13.6. The zero-order chi connectivity index (χ0) is 22.9. The summed E-state index contributed by atoms with van der Waals surface area (Å²) in [7, 11) is 0. The van der Waals surface area contributed by atoms with Crippen LogP contribution in [0.3, 0.4) is 0 Å². The fraction of sp³-hybridized carbons (Fsp3) is 0.455. The number of carbonyl (C=O) groups is 2. The highest BCUT2D eigenvalue weighted by atomic mass is 35.5. The van der Waals surface area contributed by atoms with E-state index in [2.05, 4.69) is 0 Å². The molecule has 3 heterocycles. The van der Waals surface area contributed by atoms with Crippen molar-refractivity contribution in [3.05, 3.63) is 46.7 Å². The molecule has 1 aromatic heterocycles. The van der Waals surface area contributed by atoms with Crippen LogP contribution in [-0.2, 0) is 11.0 Å². The highest BCUT2D eigenvalue weighted by Crippen LogP contribution is 2.38. The van der Waals surface area contributed by atoms with Crippen LogP contribution in [0.15, 0.2) is 34.7 Å². The Morgan fingerprint density at radius 2 is 1.56 bits per heavy atom. The molecule has 2 saturated heterocycles. The van der Waals surface area contributed by atoms with Crippen molar-refractivity contribution in [2.24, 2.45) is 0 Å². The molecule has 2 aliphatic rings. The third kappa shape index (κ3) is 4.94. The first-order valence-electron chi connectivity index (χ1n) is 10.5. The second kappa shape index (κ2) is 9.15. The van der Waals surface area contributed by atoms with Gasteiger partial charge >= 0.3 is 6.18 Å². The van der Waals surface area contributed by atoms with Gasteiger partial charge < -0.3 is 14.2 Å². The van der Waals surface area contributed by atoms with Gasteiger partial charge in [-0.25, -0.2) is 0 Å². The monoisotopic (exact) mass is 469 g/mol. The maximum atomic E-state index is 13.6. The van der Waals surface area contributed by atoms with Crippen molar-refractivity contribution in [3.63, 3.8) is 0 Å². The largest absolute Gasteiger partial charge is 0.451 e. The van der Waals surface area contributed by atoms with Crippen molar-refractivity contribution in [1.29, 1.82) is 0 Å². The van der Waals surface area contributed by atoms with E-state index < -0.39 is 23.4 Å². The van der Waals surface area contributed by atoms with E-state index in [-0.39, 0.29) is 31.3 Å². The van der Waals surface area contributed by atoms with Crippen LogP contribution < -0.4 is 0 Å². The smallest absolute Gasteiger partial charge is 0.450 e. The molecular formula is C22H23ClF3N3O3. The zero-order valence-corrected chi connectivity index (χ0v) is 18.1. The predicted molar refractivity (Wildman–Crippen MR) is 112 cm³/mol. The van der Waals surface area contributed by atoms with Gasteiger partial charge in [-0.2, -0.15) is 13.2 Å². The minimum Gasteiger partial charge on any atom is -0.451 e. The molecule has 0 N–H and O–H groups in total. The summed E-state index contributed by atoms with van der Waals surface area (Å²) in [6.45, 7) is 3.14. The van der Waals surface area contributed by atoms with Crippen LogP contribution in [0.1, 0.15) is 29.0 Å². The molecule has 4 rings (SSSR count). The average Bonchev–Trinajstić information content (AvgIpc) is 3.45. The Labute approximate surface area is 188 Å². The molecule has 2 fully saturated rings. The number of hydrogen-bond donors (Lipinski definition) is 0. The molecule has 1 aromatic carbocycles. The third-order valence-electron chi connectivity index (χ3n) is 5.83. The molecule has 2 aromatic rings. The fourth-order valence-electron chi connectivity index (χ4n) is 4.05. The number of furan rings is 1. The topological polar surface area (TPSA) is 57.0 Å². The normalized spacial score (nSPS) is 17.8. The van der Waals surface area contributed by atoms with Crippen LogP contribution in [0.2, 0.25) is 5.02 Å². The lowest BCUT2D eigenvalue weighted by molar-refractivity contribution is -0.153. The fourth-order valence-corrected chi connectivity index (χ4v) is 4.18. The number of benzene rings is 1. The number of nitrogens with zero attached hydrogens (tertiary/aromatic N) is 3. The summed E-state index contributed by atoms with van der Waals surface area (Å²) in [5.41, 5.74) is -0.117. The van der Waals surface area contributed by atoms with Crippen molar-refractivity contribution < 1.29 is 27.2 Å². The Kier molecular flexibility index (Phi) is 6.48. The molecular weight excluding hydrogens is 447 g/mol. The van der Waals surface area contributed by atoms with Gasteiger partial charge in [-0.3, -0.25) is 14.5 Å². The first kappa shape index (κ1) is 22.7. The summed E-state index contributed by atoms with van der Waals surface area (Å²) >= 11 is 5.84. The number of alkyl halides is 3. The van der Waals surface area contributed by atoms with Gasteiger partial charge in [-0.1, -0.05) is 11.6 Å². The van der Waals surface area contributed by atoms with Crippen molar-refractivity contribution >= 4 is 23.4 Å². The molecule has 2 amide bonds. The molecule has 172 valence electrons. The quantitative estimate of drug-likeness (QED) is 0.679. The lowest BCUT2D eigenvalue weighted by Gasteiger charge is -2.35. The first-order valence-corrected chi connectivity index (χ1v) is 10.9. The number of amides is 2. The van der Waals surface area contributed by atoms with Gasteiger partial charge in [-0.05, 0) is 43.2 Å². The second-order valence-electron chi connectivity index (χ2n) is 8.01. The van der Waals surface area contributed by atoms with E-state index in [0.717, 1.165) is 32.0 Å². The Balaban J connectivity index is 1.45. The number of hydrogen-bond acceptors (Lipinski definition) is 4. The third-order valence-corrected chi connectivity index (χ3v) is 6.08. The molecule has 0 unspecified atom stereocenters. The summed E-state index contributed by atoms with van der Waals surface area (Å²) in [5.74, 6) is -2.03. The van der Waals surface area contributed by atoms with Gasteiger partial charge in [-0.15, -0.1) is 0 Å². The second-order valence-corrected chi connectivity index (χ2v) is 8.45. The first-order chi connectivity index (χ1) is 15.2. The van der Waals surface area contributed by atoms with Crippen molar-refractivity contribution in [1.82, 2.24) is 14.7 Å². The SMILES string of the molecule is O=C(CN1CCN(C(=O)c2cc(-c3ccc(Cl)cc3)oc2C(F)(F)F)CC1)N1CCCC1. The Hall–Kier alpha value is -2.52. The standard InChI is InChI=1S/C22H23ClF3N3O3/c23-16-5-3-15(4-6-16)18-13-17(20(32-18)22(24,25)26)21(31)29-11-9-27(10-12-29)14-19(30)28-7-1-2-8-28/h3-6,13H,1-2,7-12,14H2. The average molecular weight is 470 g/mol. The minimum absolute atomic E-state index is 0.0489. The van der Waals surface area contributed by atoms with Crippen LogP contribution >= 0.6 is 11.6 Å². The Bertz CT molecular complexity index is 977. The molecule has 0 saturated carbocycles. The molecule has 0 aliphatic carbocycles. The molecule has 0 radical (unpaired) electrons. The minimum atomic E-state index is -4.81. The number of carbonyl (C=O) groups excluding carboxylic acids is 2. The lowest BCUT2D eigenvalue weighted by Crippen LogP contribution is -2.51. The summed E-state index contributed by atoms with van der Waals surface area (Å²) in [6, 6.07) is 7.28. The lowest BCUT2D eigenvalue weighted by atomic mass is 10.1. The Morgan fingerprint density at radius 3 is 2.16 bits per heavy atom. The molecule has 32 heavy (non-hydrogen) atoms. The van der Waals surface area contributed by atoms with E-state index in [4.69, 9.17) is 16.0 Å². The number of piperazine rings is 1. The number of halogens is 4. The maximum Gasteiger partial charge on any atom is 0.450 e. The number of likely N-dealkylation sites (tertiary alicyclic amines) is 1. The van der Waals surface area contributed by atoms with Gasteiger partial charge in [0.2, 0.25) is 11.7 Å². The Morgan fingerprint density at radius 1 is 0.938 bits per heavy atom. The highest BCUT2D eigenvalue weighted by molar-refractivity contribution is 6.30. The van der Waals surface area contributed by atoms with Crippen LogP contribution in [0.25, 0.3) is 11.3 Å². The van der Waals surface area contributed by atoms with E-state index in [9.17, 15) is 22.8 Å². The van der Waals surface area contributed by atoms with Gasteiger partial charge in [0.15, 0.2) is 0 Å². The predicted octanol–water partition coefficient (Wildman–Crippen LogP) is 4.00. The van der Waals surface area contributed by atoms with E-state index in [1.807, 2.05) is 9.80 Å². The van der Waals surface area contributed by atoms with Gasteiger partial charge in [0.05, 0.1) is 12.1 Å². The zero-order valence-electron chi connectivity index (χ0n) is 17.3. The van der Waals surface area contributed by atoms with Crippen molar-refractivity contribution in [3.8, 4) is 11.3 Å². The highest BCUT2D eigenvalue weighted by Gasteiger charge is 2.42. The molecule has 6 nitrogen and oxygen atoms in total. The van der Waals surface area contributed by atoms with E-state index in [0.29, 0.717) is 23.7 Å². The molecule has 0 bridgehead atoms. The molecule has 0 atom stereocenters. The van der Waals surface area contributed by atoms with E-state index in [1.165, 1.54) is 29.2 Å². The summed E-state index contributed by atoms with van der Waals surface area (Å²) < 4.78 is 45.8. The molecule has 10 heteroatoms. The van der Waals surface area contributed by atoms with Crippen LogP contribution in [0, 0.1) is 0 Å².